The number of morpholine rings is 1. The van der Waals surface area contributed by atoms with Crippen LogP contribution in [-0.4, -0.2) is 49.5 Å². The van der Waals surface area contributed by atoms with Crippen LogP contribution in [-0.2, 0) is 14.3 Å². The Balaban J connectivity index is 1.82. The maximum Gasteiger partial charge on any atom is 0.344 e. The molecule has 1 saturated heterocycles. The second kappa shape index (κ2) is 8.49. The van der Waals surface area contributed by atoms with Gasteiger partial charge >= 0.3 is 5.97 Å². The third kappa shape index (κ3) is 5.02. The number of esters is 1. The van der Waals surface area contributed by atoms with Crippen LogP contribution < -0.4 is 9.64 Å². The van der Waals surface area contributed by atoms with Gasteiger partial charge in [0.1, 0.15) is 11.4 Å². The molecule has 0 radical (unpaired) electrons. The number of ether oxygens (including phenoxy) is 3. The average Bonchev–Trinajstić information content (AvgIpc) is 3.12. The summed E-state index contributed by atoms with van der Waals surface area (Å²) in [6.07, 6.45) is 0. The summed E-state index contributed by atoms with van der Waals surface area (Å²) in [5.41, 5.74) is 3.32. The maximum atomic E-state index is 12.1. The first kappa shape index (κ1) is 20.6. The Morgan fingerprint density at radius 2 is 1.96 bits per heavy atom. The fourth-order valence-corrected chi connectivity index (χ4v) is 3.85. The summed E-state index contributed by atoms with van der Waals surface area (Å²) >= 11 is 1.61. The van der Waals surface area contributed by atoms with E-state index in [1.165, 1.54) is 0 Å². The molecule has 2 aromatic rings. The smallest absolute Gasteiger partial charge is 0.344 e. The predicted molar refractivity (Wildman–Crippen MR) is 111 cm³/mol. The Bertz CT molecular complexity index is 835. The zero-order valence-corrected chi connectivity index (χ0v) is 18.0. The minimum Gasteiger partial charge on any atom is -0.481 e. The average molecular weight is 405 g/mol. The molecule has 1 aromatic carbocycles. The topological polar surface area (TPSA) is 60.9 Å². The van der Waals surface area contributed by atoms with Gasteiger partial charge in [-0.15, -0.1) is 11.3 Å². The molecule has 0 spiro atoms. The van der Waals surface area contributed by atoms with E-state index in [0.717, 1.165) is 53.8 Å². The number of thiazole rings is 1. The van der Waals surface area contributed by atoms with Gasteiger partial charge in [0.2, 0.25) is 0 Å². The molecule has 28 heavy (non-hydrogen) atoms. The molecule has 0 saturated carbocycles. The predicted octanol–water partition coefficient (Wildman–Crippen LogP) is 3.98. The lowest BCUT2D eigenvalue weighted by Crippen LogP contribution is -2.36. The fraction of sp³-hybridized carbons (Fsp3) is 0.524. The van der Waals surface area contributed by atoms with E-state index in [4.69, 9.17) is 19.2 Å². The van der Waals surface area contributed by atoms with E-state index in [-0.39, 0.29) is 12.6 Å². The first-order chi connectivity index (χ1) is 13.2. The molecule has 0 N–H and O–H groups in total. The lowest BCUT2D eigenvalue weighted by atomic mass is 10.0. The van der Waals surface area contributed by atoms with E-state index < -0.39 is 5.60 Å². The zero-order valence-electron chi connectivity index (χ0n) is 17.2. The molecule has 2 heterocycles. The minimum absolute atomic E-state index is 0.130. The van der Waals surface area contributed by atoms with E-state index in [0.29, 0.717) is 5.75 Å². The largest absolute Gasteiger partial charge is 0.481 e. The van der Waals surface area contributed by atoms with Gasteiger partial charge in [-0.1, -0.05) is 6.07 Å². The van der Waals surface area contributed by atoms with Crippen LogP contribution in [0.4, 0.5) is 5.13 Å². The summed E-state index contributed by atoms with van der Waals surface area (Å²) in [4.78, 5) is 19.2. The van der Waals surface area contributed by atoms with Crippen molar-refractivity contribution < 1.29 is 19.0 Å². The van der Waals surface area contributed by atoms with Gasteiger partial charge in [0.25, 0.3) is 0 Å². The summed E-state index contributed by atoms with van der Waals surface area (Å²) in [6.45, 7) is 12.6. The van der Waals surface area contributed by atoms with Gasteiger partial charge in [-0.25, -0.2) is 9.78 Å². The van der Waals surface area contributed by atoms with Crippen LogP contribution in [0.15, 0.2) is 17.5 Å². The van der Waals surface area contributed by atoms with Gasteiger partial charge in [0.15, 0.2) is 11.7 Å². The maximum absolute atomic E-state index is 12.1. The Morgan fingerprint density at radius 3 is 2.64 bits per heavy atom. The highest BCUT2D eigenvalue weighted by atomic mass is 32.1. The number of aryl methyl sites for hydroxylation is 1. The highest BCUT2D eigenvalue weighted by Gasteiger charge is 2.21. The van der Waals surface area contributed by atoms with Crippen LogP contribution in [0.3, 0.4) is 0 Å². The summed E-state index contributed by atoms with van der Waals surface area (Å²) in [5.74, 6) is 0.302. The Morgan fingerprint density at radius 1 is 1.25 bits per heavy atom. The molecule has 0 amide bonds. The standard InChI is InChI=1S/C21H28N2O4S/c1-14-6-7-16(17-13-28-20(22-17)23-8-10-25-11-9-23)19(15(14)2)26-12-18(24)27-21(3,4)5/h6-7,13H,8-12H2,1-5H3. The Kier molecular flexibility index (Phi) is 6.25. The Labute approximate surface area is 170 Å². The van der Waals surface area contributed by atoms with Crippen molar-refractivity contribution in [3.8, 4) is 17.0 Å². The lowest BCUT2D eigenvalue weighted by Gasteiger charge is -2.26. The third-order valence-electron chi connectivity index (χ3n) is 4.48. The van der Waals surface area contributed by atoms with Crippen molar-refractivity contribution in [1.82, 2.24) is 4.98 Å². The van der Waals surface area contributed by atoms with Gasteiger partial charge in [-0.2, -0.15) is 0 Å². The highest BCUT2D eigenvalue weighted by molar-refractivity contribution is 7.14. The summed E-state index contributed by atoms with van der Waals surface area (Å²) in [5, 5.41) is 3.02. The van der Waals surface area contributed by atoms with Crippen LogP contribution in [0.2, 0.25) is 0 Å². The van der Waals surface area contributed by atoms with Crippen molar-refractivity contribution in [2.75, 3.05) is 37.8 Å². The van der Waals surface area contributed by atoms with E-state index >= 15 is 0 Å². The lowest BCUT2D eigenvalue weighted by molar-refractivity contribution is -0.157. The molecule has 1 aromatic heterocycles. The van der Waals surface area contributed by atoms with E-state index in [1.54, 1.807) is 11.3 Å². The molecule has 0 bridgehead atoms. The summed E-state index contributed by atoms with van der Waals surface area (Å²) < 4.78 is 16.7. The van der Waals surface area contributed by atoms with Gasteiger partial charge in [-0.3, -0.25) is 0 Å². The molecule has 3 rings (SSSR count). The monoisotopic (exact) mass is 404 g/mol. The van der Waals surface area contributed by atoms with Crippen LogP contribution in [0.1, 0.15) is 31.9 Å². The number of hydrogen-bond donors (Lipinski definition) is 0. The minimum atomic E-state index is -0.535. The van der Waals surface area contributed by atoms with Crippen molar-refractivity contribution in [3.05, 3.63) is 28.6 Å². The molecule has 6 nitrogen and oxygen atoms in total. The number of carbonyl (C=O) groups excluding carboxylic acids is 1. The number of nitrogens with zero attached hydrogens (tertiary/aromatic N) is 2. The normalized spacial score (nSPS) is 14.8. The van der Waals surface area contributed by atoms with Crippen LogP contribution in [0.25, 0.3) is 11.3 Å². The zero-order chi connectivity index (χ0) is 20.3. The molecule has 1 fully saturated rings. The summed E-state index contributed by atoms with van der Waals surface area (Å²) in [6, 6.07) is 4.06. The first-order valence-corrected chi connectivity index (χ1v) is 10.4. The molecule has 7 heteroatoms. The highest BCUT2D eigenvalue weighted by Crippen LogP contribution is 2.37. The van der Waals surface area contributed by atoms with E-state index in [1.807, 2.05) is 46.1 Å². The first-order valence-electron chi connectivity index (χ1n) is 9.48. The quantitative estimate of drug-likeness (QED) is 0.703. The SMILES string of the molecule is Cc1ccc(-c2csc(N3CCOCC3)n2)c(OCC(=O)OC(C)(C)C)c1C. The fourth-order valence-electron chi connectivity index (χ4n) is 2.97. The number of hydrogen-bond acceptors (Lipinski definition) is 7. The van der Waals surface area contributed by atoms with Crippen molar-refractivity contribution in [2.45, 2.75) is 40.2 Å². The van der Waals surface area contributed by atoms with Crippen LogP contribution in [0, 0.1) is 13.8 Å². The van der Waals surface area contributed by atoms with Crippen LogP contribution >= 0.6 is 11.3 Å². The summed E-state index contributed by atoms with van der Waals surface area (Å²) in [7, 11) is 0. The molecule has 1 aliphatic rings. The number of aromatic nitrogens is 1. The molecule has 152 valence electrons. The van der Waals surface area contributed by atoms with Crippen molar-refractivity contribution in [2.24, 2.45) is 0 Å². The molecular formula is C21H28N2O4S. The molecular weight excluding hydrogens is 376 g/mol. The third-order valence-corrected chi connectivity index (χ3v) is 5.38. The Hall–Kier alpha value is -2.12. The van der Waals surface area contributed by atoms with Crippen molar-refractivity contribution >= 4 is 22.4 Å². The van der Waals surface area contributed by atoms with E-state index in [9.17, 15) is 4.79 Å². The second-order valence-corrected chi connectivity index (χ2v) is 8.71. The van der Waals surface area contributed by atoms with Gasteiger partial charge in [0.05, 0.1) is 18.9 Å². The molecule has 0 atom stereocenters. The van der Waals surface area contributed by atoms with Gasteiger partial charge < -0.3 is 19.1 Å². The van der Waals surface area contributed by atoms with Crippen LogP contribution in [0.5, 0.6) is 5.75 Å². The number of rotatable bonds is 5. The molecule has 0 aliphatic carbocycles. The number of carbonyl (C=O) groups is 1. The van der Waals surface area contributed by atoms with Crippen molar-refractivity contribution in [3.63, 3.8) is 0 Å². The van der Waals surface area contributed by atoms with Gasteiger partial charge in [-0.05, 0) is 51.8 Å². The van der Waals surface area contributed by atoms with E-state index in [2.05, 4.69) is 11.0 Å². The van der Waals surface area contributed by atoms with Crippen molar-refractivity contribution in [1.29, 1.82) is 0 Å². The molecule has 1 aliphatic heterocycles. The second-order valence-electron chi connectivity index (χ2n) is 7.87. The number of benzene rings is 1. The molecule has 0 unspecified atom stereocenters. The number of anilines is 1. The van der Waals surface area contributed by atoms with Gasteiger partial charge in [0, 0.05) is 24.0 Å².